The number of ether oxygens (including phenoxy) is 2. The highest BCUT2D eigenvalue weighted by Crippen LogP contribution is 2.51. The lowest BCUT2D eigenvalue weighted by atomic mass is 9.66. The number of piperidine rings is 1. The van der Waals surface area contributed by atoms with Crippen LogP contribution in [0.15, 0.2) is 36.4 Å². The molecule has 2 N–H and O–H groups in total. The van der Waals surface area contributed by atoms with Crippen molar-refractivity contribution in [1.82, 2.24) is 4.90 Å². The summed E-state index contributed by atoms with van der Waals surface area (Å²) in [4.78, 5) is 15.2. The van der Waals surface area contributed by atoms with Crippen LogP contribution < -0.4 is 14.8 Å². The summed E-state index contributed by atoms with van der Waals surface area (Å²) in [5, 5.41) is 15.3. The molecule has 6 nitrogen and oxygen atoms in total. The first-order valence-electron chi connectivity index (χ1n) is 11.3. The fraction of sp³-hybridized carbons (Fsp3) is 0.480. The molecule has 1 aliphatic carbocycles. The third-order valence-corrected chi connectivity index (χ3v) is 7.53. The van der Waals surface area contributed by atoms with E-state index in [0.29, 0.717) is 40.2 Å². The standard InChI is InChI=1S/C25H30Cl2N2O4/c1-32-17-7-8-18(22(14-17)33-2)24-19-5-3-4-10-25(19,31)11-12-29(24)15-23(30)28-21-9-6-16(26)13-20(21)27/h6-9,13-14,19,24,31H,3-5,10-12,15H2,1-2H3,(H,28,30)/t19-,24-,25+/m1/s1. The number of carbonyl (C=O) groups excluding carboxylic acids is 1. The highest BCUT2D eigenvalue weighted by atomic mass is 35.5. The number of nitrogens with zero attached hydrogens (tertiary/aromatic N) is 1. The van der Waals surface area contributed by atoms with Crippen LogP contribution in [0.2, 0.25) is 10.0 Å². The predicted molar refractivity (Wildman–Crippen MR) is 130 cm³/mol. The number of carbonyl (C=O) groups is 1. The Labute approximate surface area is 204 Å². The summed E-state index contributed by atoms with van der Waals surface area (Å²) >= 11 is 12.2. The van der Waals surface area contributed by atoms with Crippen molar-refractivity contribution < 1.29 is 19.4 Å². The van der Waals surface area contributed by atoms with Crippen molar-refractivity contribution in [2.24, 2.45) is 5.92 Å². The van der Waals surface area contributed by atoms with Gasteiger partial charge in [-0.05, 0) is 43.5 Å². The first-order chi connectivity index (χ1) is 15.8. The van der Waals surface area contributed by atoms with Crippen molar-refractivity contribution in [3.05, 3.63) is 52.0 Å². The summed E-state index contributed by atoms with van der Waals surface area (Å²) in [6.07, 6.45) is 4.41. The molecular formula is C25H30Cl2N2O4. The maximum Gasteiger partial charge on any atom is 0.238 e. The van der Waals surface area contributed by atoms with E-state index < -0.39 is 5.60 Å². The van der Waals surface area contributed by atoms with Crippen LogP contribution in [-0.2, 0) is 4.79 Å². The lowest BCUT2D eigenvalue weighted by Crippen LogP contribution is -2.56. The Morgan fingerprint density at radius 3 is 2.70 bits per heavy atom. The third kappa shape index (κ3) is 5.09. The molecule has 1 heterocycles. The molecule has 1 saturated heterocycles. The zero-order valence-electron chi connectivity index (χ0n) is 18.9. The van der Waals surface area contributed by atoms with E-state index in [1.165, 1.54) is 0 Å². The highest BCUT2D eigenvalue weighted by Gasteiger charge is 2.49. The van der Waals surface area contributed by atoms with E-state index in [4.69, 9.17) is 32.7 Å². The number of rotatable bonds is 6. The first-order valence-corrected chi connectivity index (χ1v) is 12.0. The van der Waals surface area contributed by atoms with E-state index in [-0.39, 0.29) is 24.4 Å². The number of hydrogen-bond donors (Lipinski definition) is 2. The molecule has 178 valence electrons. The summed E-state index contributed by atoms with van der Waals surface area (Å²) in [7, 11) is 3.25. The van der Waals surface area contributed by atoms with Crippen LogP contribution in [0.5, 0.6) is 11.5 Å². The Balaban J connectivity index is 1.64. The Bertz CT molecular complexity index is 1020. The lowest BCUT2D eigenvalue weighted by molar-refractivity contribution is -0.135. The van der Waals surface area contributed by atoms with E-state index in [2.05, 4.69) is 10.2 Å². The van der Waals surface area contributed by atoms with Gasteiger partial charge in [0.15, 0.2) is 0 Å². The number of fused-ring (bicyclic) bond motifs is 1. The average molecular weight is 493 g/mol. The molecule has 0 spiro atoms. The van der Waals surface area contributed by atoms with E-state index in [1.54, 1.807) is 32.4 Å². The van der Waals surface area contributed by atoms with Crippen molar-refractivity contribution >= 4 is 34.8 Å². The maximum atomic E-state index is 13.0. The topological polar surface area (TPSA) is 71.0 Å². The van der Waals surface area contributed by atoms with Gasteiger partial charge in [-0.15, -0.1) is 0 Å². The molecule has 1 aliphatic heterocycles. The van der Waals surface area contributed by atoms with Crippen molar-refractivity contribution in [2.75, 3.05) is 32.6 Å². The normalized spacial score (nSPS) is 25.2. The van der Waals surface area contributed by atoms with Crippen LogP contribution in [-0.4, -0.2) is 48.8 Å². The number of benzene rings is 2. The minimum atomic E-state index is -0.736. The van der Waals surface area contributed by atoms with Gasteiger partial charge in [-0.3, -0.25) is 9.69 Å². The molecule has 2 fully saturated rings. The molecule has 0 aromatic heterocycles. The van der Waals surface area contributed by atoms with Gasteiger partial charge in [-0.25, -0.2) is 0 Å². The largest absolute Gasteiger partial charge is 0.497 e. The first kappa shape index (κ1) is 24.1. The Morgan fingerprint density at radius 1 is 1.15 bits per heavy atom. The third-order valence-electron chi connectivity index (χ3n) is 6.98. The number of halogens is 2. The van der Waals surface area contributed by atoms with Gasteiger partial charge in [-0.1, -0.05) is 42.1 Å². The zero-order valence-corrected chi connectivity index (χ0v) is 20.5. The maximum absolute atomic E-state index is 13.0. The van der Waals surface area contributed by atoms with E-state index >= 15 is 0 Å². The molecule has 0 unspecified atom stereocenters. The smallest absolute Gasteiger partial charge is 0.238 e. The van der Waals surface area contributed by atoms with Crippen molar-refractivity contribution in [1.29, 1.82) is 0 Å². The van der Waals surface area contributed by atoms with Crippen LogP contribution in [0.4, 0.5) is 5.69 Å². The molecule has 0 radical (unpaired) electrons. The van der Waals surface area contributed by atoms with Gasteiger partial charge in [0.05, 0.1) is 37.1 Å². The number of hydrogen-bond acceptors (Lipinski definition) is 5. The van der Waals surface area contributed by atoms with Crippen molar-refractivity contribution in [3.63, 3.8) is 0 Å². The molecule has 1 amide bonds. The van der Waals surface area contributed by atoms with Gasteiger partial charge < -0.3 is 19.9 Å². The van der Waals surface area contributed by atoms with Crippen LogP contribution >= 0.6 is 23.2 Å². The van der Waals surface area contributed by atoms with Crippen molar-refractivity contribution in [2.45, 2.75) is 43.7 Å². The number of amides is 1. The quantitative estimate of drug-likeness (QED) is 0.570. The molecule has 2 aromatic rings. The lowest BCUT2D eigenvalue weighted by Gasteiger charge is -2.52. The minimum absolute atomic E-state index is 0.00853. The van der Waals surface area contributed by atoms with E-state index in [0.717, 1.165) is 31.2 Å². The monoisotopic (exact) mass is 492 g/mol. The SMILES string of the molecule is COc1ccc([C@@H]2[C@H]3CCCC[C@]3(O)CCN2CC(=O)Nc2ccc(Cl)cc2Cl)c(OC)c1. The van der Waals surface area contributed by atoms with Gasteiger partial charge in [0.2, 0.25) is 5.91 Å². The van der Waals surface area contributed by atoms with Gasteiger partial charge in [-0.2, -0.15) is 0 Å². The molecule has 33 heavy (non-hydrogen) atoms. The fourth-order valence-corrected chi connectivity index (χ4v) is 5.82. The molecule has 4 rings (SSSR count). The van der Waals surface area contributed by atoms with E-state index in [1.807, 2.05) is 18.2 Å². The number of anilines is 1. The Hall–Kier alpha value is -1.99. The number of likely N-dealkylation sites (tertiary alicyclic amines) is 1. The second-order valence-corrected chi connectivity index (χ2v) is 9.75. The number of methoxy groups -OCH3 is 2. The van der Waals surface area contributed by atoms with Gasteiger partial charge in [0.25, 0.3) is 0 Å². The summed E-state index contributed by atoms with van der Waals surface area (Å²) in [6, 6.07) is 10.6. The molecule has 0 bridgehead atoms. The molecular weight excluding hydrogens is 463 g/mol. The van der Waals surface area contributed by atoms with Crippen LogP contribution in [0.3, 0.4) is 0 Å². The van der Waals surface area contributed by atoms with Crippen LogP contribution in [0, 0.1) is 5.92 Å². The summed E-state index contributed by atoms with van der Waals surface area (Å²) in [5.74, 6) is 1.24. The summed E-state index contributed by atoms with van der Waals surface area (Å²) in [5.41, 5.74) is 0.747. The van der Waals surface area contributed by atoms with Crippen LogP contribution in [0.1, 0.15) is 43.7 Å². The highest BCUT2D eigenvalue weighted by molar-refractivity contribution is 6.36. The van der Waals surface area contributed by atoms with Gasteiger partial charge in [0.1, 0.15) is 11.5 Å². The number of aliphatic hydroxyl groups is 1. The predicted octanol–water partition coefficient (Wildman–Crippen LogP) is 5.32. The second kappa shape index (κ2) is 10.1. The minimum Gasteiger partial charge on any atom is -0.497 e. The van der Waals surface area contributed by atoms with Crippen LogP contribution in [0.25, 0.3) is 0 Å². The summed E-state index contributed by atoms with van der Waals surface area (Å²) in [6.45, 7) is 0.778. The van der Waals surface area contributed by atoms with Gasteiger partial charge >= 0.3 is 0 Å². The summed E-state index contributed by atoms with van der Waals surface area (Å²) < 4.78 is 11.1. The average Bonchev–Trinajstić information content (AvgIpc) is 2.80. The van der Waals surface area contributed by atoms with Crippen molar-refractivity contribution in [3.8, 4) is 11.5 Å². The van der Waals surface area contributed by atoms with Gasteiger partial charge in [0, 0.05) is 35.2 Å². The molecule has 3 atom stereocenters. The fourth-order valence-electron chi connectivity index (χ4n) is 5.36. The Kier molecular flexibility index (Phi) is 7.39. The molecule has 8 heteroatoms. The molecule has 1 saturated carbocycles. The Morgan fingerprint density at radius 2 is 1.97 bits per heavy atom. The molecule has 2 aliphatic rings. The number of nitrogens with one attached hydrogen (secondary N) is 1. The van der Waals surface area contributed by atoms with E-state index in [9.17, 15) is 9.90 Å². The zero-order chi connectivity index (χ0) is 23.6. The second-order valence-electron chi connectivity index (χ2n) is 8.90. The molecule has 2 aromatic carbocycles.